The Morgan fingerprint density at radius 3 is 1.32 bits per heavy atom. The molecule has 0 aliphatic heterocycles. The van der Waals surface area contributed by atoms with E-state index in [1.165, 1.54) is 44.9 Å². The Morgan fingerprint density at radius 1 is 0.588 bits per heavy atom. The molecular weight excluding hydrogens is 432 g/mol. The number of hydrogen-bond donors (Lipinski definition) is 0. The van der Waals surface area contributed by atoms with E-state index in [4.69, 9.17) is 18.9 Å². The summed E-state index contributed by atoms with van der Waals surface area (Å²) in [6.07, 6.45) is 14.8. The smallest absolute Gasteiger partial charge is 0.434 e. The van der Waals surface area contributed by atoms with Gasteiger partial charge in [-0.05, 0) is 50.4 Å². The third-order valence-corrected chi connectivity index (χ3v) is 6.43. The fraction of sp³-hybridized carbons (Fsp3) is 0.929. The molecule has 0 aromatic rings. The van der Waals surface area contributed by atoms with Crippen LogP contribution in [-0.2, 0) is 18.9 Å². The maximum atomic E-state index is 12.1. The van der Waals surface area contributed by atoms with Crippen molar-refractivity contribution in [1.29, 1.82) is 0 Å². The number of hydrogen-bond acceptors (Lipinski definition) is 6. The van der Waals surface area contributed by atoms with Crippen LogP contribution in [-0.4, -0.2) is 37.7 Å². The molecule has 0 spiro atoms. The minimum atomic E-state index is -0.663. The largest absolute Gasteiger partial charge is 0.508 e. The van der Waals surface area contributed by atoms with Gasteiger partial charge in [0.25, 0.3) is 0 Å². The van der Waals surface area contributed by atoms with Crippen molar-refractivity contribution in [2.24, 2.45) is 11.8 Å². The van der Waals surface area contributed by atoms with Gasteiger partial charge in [-0.25, -0.2) is 9.59 Å². The number of carbonyl (C=O) groups excluding carboxylic acids is 2. The standard InChI is InChI=1S/C28H52O6/c1-23(2)17-11-7-5-6-9-15-21-31-27(29)33-25-19-13-14-20-26(25)34-28(30)32-22-16-10-8-12-18-24(3)4/h23-26H,5-22H2,1-4H3. The van der Waals surface area contributed by atoms with Gasteiger partial charge in [0.15, 0.2) is 0 Å². The molecule has 0 aromatic carbocycles. The van der Waals surface area contributed by atoms with Crippen LogP contribution in [0.2, 0.25) is 0 Å². The Bertz CT molecular complexity index is 519. The van der Waals surface area contributed by atoms with Crippen molar-refractivity contribution in [3.05, 3.63) is 0 Å². The van der Waals surface area contributed by atoms with Gasteiger partial charge < -0.3 is 18.9 Å². The summed E-state index contributed by atoms with van der Waals surface area (Å²) in [6, 6.07) is 0. The molecule has 1 aliphatic carbocycles. The van der Waals surface area contributed by atoms with Gasteiger partial charge in [-0.2, -0.15) is 0 Å². The molecular formula is C28H52O6. The summed E-state index contributed by atoms with van der Waals surface area (Å²) in [7, 11) is 0. The van der Waals surface area contributed by atoms with Gasteiger partial charge in [0.05, 0.1) is 13.2 Å². The summed E-state index contributed by atoms with van der Waals surface area (Å²) in [4.78, 5) is 24.2. The Balaban J connectivity index is 2.12. The lowest BCUT2D eigenvalue weighted by Crippen LogP contribution is -2.38. The highest BCUT2D eigenvalue weighted by Gasteiger charge is 2.32. The van der Waals surface area contributed by atoms with E-state index in [0.717, 1.165) is 56.8 Å². The Morgan fingerprint density at radius 2 is 0.941 bits per heavy atom. The molecule has 0 heterocycles. The van der Waals surface area contributed by atoms with Crippen molar-refractivity contribution in [2.45, 2.75) is 143 Å². The van der Waals surface area contributed by atoms with Crippen molar-refractivity contribution in [2.75, 3.05) is 13.2 Å². The van der Waals surface area contributed by atoms with Crippen LogP contribution in [0, 0.1) is 11.8 Å². The van der Waals surface area contributed by atoms with Crippen molar-refractivity contribution < 1.29 is 28.5 Å². The van der Waals surface area contributed by atoms with Crippen LogP contribution in [0.5, 0.6) is 0 Å². The molecule has 0 radical (unpaired) electrons. The molecule has 0 bridgehead atoms. The first-order valence-electron chi connectivity index (χ1n) is 14.0. The average molecular weight is 485 g/mol. The lowest BCUT2D eigenvalue weighted by molar-refractivity contribution is -0.0713. The van der Waals surface area contributed by atoms with Gasteiger partial charge in [-0.15, -0.1) is 0 Å². The molecule has 2 atom stereocenters. The van der Waals surface area contributed by atoms with E-state index < -0.39 is 24.5 Å². The molecule has 1 fully saturated rings. The zero-order chi connectivity index (χ0) is 25.0. The van der Waals surface area contributed by atoms with E-state index >= 15 is 0 Å². The zero-order valence-electron chi connectivity index (χ0n) is 22.5. The third kappa shape index (κ3) is 17.0. The molecule has 1 saturated carbocycles. The zero-order valence-corrected chi connectivity index (χ0v) is 22.5. The Kier molecular flexibility index (Phi) is 17.8. The van der Waals surface area contributed by atoms with E-state index in [9.17, 15) is 9.59 Å². The van der Waals surface area contributed by atoms with Crippen molar-refractivity contribution in [1.82, 2.24) is 0 Å². The fourth-order valence-corrected chi connectivity index (χ4v) is 4.33. The normalized spacial score (nSPS) is 18.2. The molecule has 0 amide bonds. The van der Waals surface area contributed by atoms with Gasteiger partial charge in [-0.1, -0.05) is 91.9 Å². The van der Waals surface area contributed by atoms with Crippen LogP contribution >= 0.6 is 0 Å². The van der Waals surface area contributed by atoms with E-state index in [-0.39, 0.29) is 0 Å². The SMILES string of the molecule is CC(C)CCCCCCCCOC(=O)OC1CCCCC1OC(=O)OCCCCCCC(C)C. The number of rotatable bonds is 18. The molecule has 0 N–H and O–H groups in total. The third-order valence-electron chi connectivity index (χ3n) is 6.43. The Hall–Kier alpha value is -1.46. The van der Waals surface area contributed by atoms with Crippen LogP contribution in [0.3, 0.4) is 0 Å². The second-order valence-electron chi connectivity index (χ2n) is 10.7. The first-order chi connectivity index (χ1) is 16.4. The van der Waals surface area contributed by atoms with Gasteiger partial charge in [0, 0.05) is 0 Å². The Labute approximate surface area is 208 Å². The molecule has 6 heteroatoms. The van der Waals surface area contributed by atoms with Gasteiger partial charge in [0.2, 0.25) is 0 Å². The quantitative estimate of drug-likeness (QED) is 0.143. The number of unbranched alkanes of at least 4 members (excludes halogenated alkanes) is 8. The van der Waals surface area contributed by atoms with Gasteiger partial charge in [0.1, 0.15) is 12.2 Å². The molecule has 34 heavy (non-hydrogen) atoms. The minimum absolute atomic E-state index is 0.374. The highest BCUT2D eigenvalue weighted by Crippen LogP contribution is 2.25. The lowest BCUT2D eigenvalue weighted by Gasteiger charge is -2.29. The van der Waals surface area contributed by atoms with Crippen LogP contribution < -0.4 is 0 Å². The van der Waals surface area contributed by atoms with E-state index in [1.54, 1.807) is 0 Å². The predicted molar refractivity (Wildman–Crippen MR) is 136 cm³/mol. The maximum absolute atomic E-state index is 12.1. The van der Waals surface area contributed by atoms with Crippen molar-refractivity contribution >= 4 is 12.3 Å². The summed E-state index contributed by atoms with van der Waals surface area (Å²) < 4.78 is 21.4. The highest BCUT2D eigenvalue weighted by atomic mass is 16.8. The van der Waals surface area contributed by atoms with E-state index in [2.05, 4.69) is 27.7 Å². The second kappa shape index (κ2) is 19.8. The second-order valence-corrected chi connectivity index (χ2v) is 10.7. The highest BCUT2D eigenvalue weighted by molar-refractivity contribution is 5.61. The molecule has 1 aliphatic rings. The summed E-state index contributed by atoms with van der Waals surface area (Å²) in [5, 5.41) is 0. The first-order valence-corrected chi connectivity index (χ1v) is 14.0. The molecule has 0 saturated heterocycles. The summed E-state index contributed by atoms with van der Waals surface area (Å²) in [5.41, 5.74) is 0. The summed E-state index contributed by atoms with van der Waals surface area (Å²) in [6.45, 7) is 9.75. The molecule has 1 rings (SSSR count). The van der Waals surface area contributed by atoms with Crippen LogP contribution in [0.1, 0.15) is 130 Å². The number of carbonyl (C=O) groups is 2. The van der Waals surface area contributed by atoms with Gasteiger partial charge >= 0.3 is 12.3 Å². The van der Waals surface area contributed by atoms with E-state index in [0.29, 0.717) is 26.1 Å². The monoisotopic (exact) mass is 484 g/mol. The maximum Gasteiger partial charge on any atom is 0.508 e. The first kappa shape index (κ1) is 30.6. The number of ether oxygens (including phenoxy) is 4. The van der Waals surface area contributed by atoms with Crippen LogP contribution in [0.4, 0.5) is 9.59 Å². The molecule has 2 unspecified atom stereocenters. The van der Waals surface area contributed by atoms with Crippen LogP contribution in [0.15, 0.2) is 0 Å². The molecule has 200 valence electrons. The van der Waals surface area contributed by atoms with Crippen LogP contribution in [0.25, 0.3) is 0 Å². The van der Waals surface area contributed by atoms with E-state index in [1.807, 2.05) is 0 Å². The lowest BCUT2D eigenvalue weighted by atomic mass is 9.95. The summed E-state index contributed by atoms with van der Waals surface area (Å²) >= 11 is 0. The fourth-order valence-electron chi connectivity index (χ4n) is 4.33. The molecule has 0 aromatic heterocycles. The van der Waals surface area contributed by atoms with Crippen molar-refractivity contribution in [3.63, 3.8) is 0 Å². The summed E-state index contributed by atoms with van der Waals surface area (Å²) in [5.74, 6) is 1.52. The minimum Gasteiger partial charge on any atom is -0.434 e. The average Bonchev–Trinajstić information content (AvgIpc) is 2.78. The van der Waals surface area contributed by atoms with Gasteiger partial charge in [-0.3, -0.25) is 0 Å². The molecule has 6 nitrogen and oxygen atoms in total. The van der Waals surface area contributed by atoms with Crippen molar-refractivity contribution in [3.8, 4) is 0 Å². The predicted octanol–water partition coefficient (Wildman–Crippen LogP) is 8.60. The topological polar surface area (TPSA) is 71.1 Å².